The van der Waals surface area contributed by atoms with Gasteiger partial charge in [-0.1, -0.05) is 0 Å². The van der Waals surface area contributed by atoms with Crippen LogP contribution in [0.1, 0.15) is 29.6 Å². The normalized spacial score (nSPS) is 11.3. The number of alkyl halides is 3. The number of unbranched alkanes of at least 4 members (excludes halogenated alkanes) is 1. The maximum absolute atomic E-state index is 11.9. The zero-order valence-corrected chi connectivity index (χ0v) is 9.37. The summed E-state index contributed by atoms with van der Waals surface area (Å²) in [6, 6.07) is 1.27. The maximum Gasteiger partial charge on any atom is 0.389 e. The van der Waals surface area contributed by atoms with E-state index < -0.39 is 18.6 Å². The van der Waals surface area contributed by atoms with Crippen LogP contribution in [0.5, 0.6) is 0 Å². The van der Waals surface area contributed by atoms with Gasteiger partial charge in [-0.15, -0.1) is 5.10 Å². The van der Waals surface area contributed by atoms with Gasteiger partial charge in [0, 0.05) is 13.0 Å². The minimum atomic E-state index is -4.15. The van der Waals surface area contributed by atoms with Crippen LogP contribution in [0.3, 0.4) is 0 Å². The average Bonchev–Trinajstić information content (AvgIpc) is 2.27. The fourth-order valence-electron chi connectivity index (χ4n) is 1.29. The van der Waals surface area contributed by atoms with Crippen LogP contribution in [0, 0.1) is 0 Å². The van der Waals surface area contributed by atoms with Gasteiger partial charge in [0.25, 0.3) is 0 Å². The van der Waals surface area contributed by atoms with Crippen LogP contribution in [0.25, 0.3) is 0 Å². The first-order chi connectivity index (χ1) is 8.40. The first-order valence-corrected chi connectivity index (χ1v) is 5.26. The van der Waals surface area contributed by atoms with Gasteiger partial charge in [-0.2, -0.15) is 18.3 Å². The van der Waals surface area contributed by atoms with Crippen LogP contribution in [-0.4, -0.2) is 34.0 Å². The number of carboxylic acid groups (broad SMARTS) is 1. The molecule has 0 fully saturated rings. The van der Waals surface area contributed by atoms with Crippen molar-refractivity contribution in [2.45, 2.75) is 25.4 Å². The van der Waals surface area contributed by atoms with E-state index in [4.69, 9.17) is 5.11 Å². The summed E-state index contributed by atoms with van der Waals surface area (Å²) < 4.78 is 35.6. The molecule has 1 aromatic rings. The second-order valence-corrected chi connectivity index (χ2v) is 3.60. The lowest BCUT2D eigenvalue weighted by molar-refractivity contribution is -0.135. The summed E-state index contributed by atoms with van der Waals surface area (Å²) in [5, 5.41) is 18.6. The Morgan fingerprint density at radius 3 is 2.72 bits per heavy atom. The summed E-state index contributed by atoms with van der Waals surface area (Å²) in [4.78, 5) is 10.8. The summed E-state index contributed by atoms with van der Waals surface area (Å²) in [5.74, 6) is -1.10. The van der Waals surface area contributed by atoms with Crippen LogP contribution in [0.15, 0.2) is 12.3 Å². The third-order valence-electron chi connectivity index (χ3n) is 2.13. The molecule has 0 saturated heterocycles. The molecule has 1 rings (SSSR count). The molecular formula is C10H12F3N3O2. The highest BCUT2D eigenvalue weighted by molar-refractivity contribution is 5.92. The molecule has 18 heavy (non-hydrogen) atoms. The maximum atomic E-state index is 11.9. The molecule has 0 saturated carbocycles. The van der Waals surface area contributed by atoms with Crippen LogP contribution >= 0.6 is 0 Å². The average molecular weight is 263 g/mol. The van der Waals surface area contributed by atoms with E-state index in [0.29, 0.717) is 0 Å². The molecule has 8 heteroatoms. The Balaban J connectivity index is 2.38. The number of halogens is 3. The number of aromatic nitrogens is 2. The minimum Gasteiger partial charge on any atom is -0.478 e. The zero-order valence-electron chi connectivity index (χ0n) is 9.37. The minimum absolute atomic E-state index is 0.0147. The lowest BCUT2D eigenvalue weighted by atomic mass is 10.2. The molecule has 0 unspecified atom stereocenters. The van der Waals surface area contributed by atoms with E-state index in [-0.39, 0.29) is 30.8 Å². The Kier molecular flexibility index (Phi) is 4.87. The lowest BCUT2D eigenvalue weighted by Crippen LogP contribution is -2.12. The molecule has 0 aliphatic heterocycles. The number of nitrogens with one attached hydrogen (secondary N) is 1. The van der Waals surface area contributed by atoms with Crippen molar-refractivity contribution in [3.8, 4) is 0 Å². The standard InChI is InChI=1S/C10H12F3N3O2/c11-10(12,13)4-1-2-5-14-8-7(9(17)18)3-6-15-16-8/h3,6H,1-2,4-5H2,(H,14,16)(H,17,18). The van der Waals surface area contributed by atoms with Gasteiger partial charge in [0.15, 0.2) is 5.82 Å². The lowest BCUT2D eigenvalue weighted by Gasteiger charge is -2.08. The highest BCUT2D eigenvalue weighted by Gasteiger charge is 2.25. The molecule has 0 aliphatic rings. The van der Waals surface area contributed by atoms with E-state index in [1.807, 2.05) is 0 Å². The number of hydrogen-bond acceptors (Lipinski definition) is 4. The van der Waals surface area contributed by atoms with Gasteiger partial charge >= 0.3 is 12.1 Å². The Morgan fingerprint density at radius 1 is 1.39 bits per heavy atom. The Bertz CT molecular complexity index is 410. The summed E-state index contributed by atoms with van der Waals surface area (Å²) in [6.07, 6.45) is -3.51. The molecule has 0 aliphatic carbocycles. The Labute approximate surface area is 101 Å². The molecule has 0 spiro atoms. The second kappa shape index (κ2) is 6.18. The van der Waals surface area contributed by atoms with E-state index in [0.717, 1.165) is 0 Å². The molecule has 0 amide bonds. The fraction of sp³-hybridized carbons (Fsp3) is 0.500. The predicted molar refractivity (Wildman–Crippen MR) is 57.4 cm³/mol. The van der Waals surface area contributed by atoms with Crippen molar-refractivity contribution in [1.29, 1.82) is 0 Å². The monoisotopic (exact) mass is 263 g/mol. The summed E-state index contributed by atoms with van der Waals surface area (Å²) in [6.45, 7) is 0.217. The van der Waals surface area contributed by atoms with Gasteiger partial charge in [0.05, 0.1) is 6.20 Å². The smallest absolute Gasteiger partial charge is 0.389 e. The third kappa shape index (κ3) is 4.98. The highest BCUT2D eigenvalue weighted by atomic mass is 19.4. The van der Waals surface area contributed by atoms with Crippen LogP contribution in [0.4, 0.5) is 19.0 Å². The van der Waals surface area contributed by atoms with Gasteiger partial charge in [-0.25, -0.2) is 4.79 Å². The van der Waals surface area contributed by atoms with Crippen molar-refractivity contribution in [2.24, 2.45) is 0 Å². The van der Waals surface area contributed by atoms with Crippen LogP contribution < -0.4 is 5.32 Å². The number of anilines is 1. The van der Waals surface area contributed by atoms with Crippen LogP contribution in [-0.2, 0) is 0 Å². The largest absolute Gasteiger partial charge is 0.478 e. The summed E-state index contributed by atoms with van der Waals surface area (Å²) in [5.41, 5.74) is -0.0548. The Hall–Kier alpha value is -1.86. The van der Waals surface area contributed by atoms with E-state index >= 15 is 0 Å². The fourth-order valence-corrected chi connectivity index (χ4v) is 1.29. The molecule has 1 heterocycles. The van der Waals surface area contributed by atoms with Crippen LogP contribution in [0.2, 0.25) is 0 Å². The zero-order chi connectivity index (χ0) is 13.6. The number of hydrogen-bond donors (Lipinski definition) is 2. The van der Waals surface area contributed by atoms with Crippen molar-refractivity contribution in [2.75, 3.05) is 11.9 Å². The summed E-state index contributed by atoms with van der Waals surface area (Å²) in [7, 11) is 0. The van der Waals surface area contributed by atoms with Gasteiger partial charge in [0.1, 0.15) is 5.56 Å². The quantitative estimate of drug-likeness (QED) is 0.770. The van der Waals surface area contributed by atoms with Gasteiger partial charge in [-0.05, 0) is 18.9 Å². The first-order valence-electron chi connectivity index (χ1n) is 5.26. The number of carbonyl (C=O) groups is 1. The molecule has 0 bridgehead atoms. The molecule has 0 aromatic carbocycles. The van der Waals surface area contributed by atoms with Gasteiger partial charge in [-0.3, -0.25) is 0 Å². The number of carboxylic acids is 1. The number of nitrogens with zero attached hydrogens (tertiary/aromatic N) is 2. The predicted octanol–water partition coefficient (Wildman–Crippen LogP) is 2.32. The van der Waals surface area contributed by atoms with E-state index in [1.54, 1.807) is 0 Å². The van der Waals surface area contributed by atoms with Crippen molar-refractivity contribution in [1.82, 2.24) is 10.2 Å². The van der Waals surface area contributed by atoms with Gasteiger partial charge in [0.2, 0.25) is 0 Å². The Morgan fingerprint density at radius 2 is 2.11 bits per heavy atom. The van der Waals surface area contributed by atoms with Crippen molar-refractivity contribution < 1.29 is 23.1 Å². The van der Waals surface area contributed by atoms with E-state index in [2.05, 4.69) is 15.5 Å². The van der Waals surface area contributed by atoms with E-state index in [1.165, 1.54) is 12.3 Å². The number of rotatable bonds is 6. The van der Waals surface area contributed by atoms with Crippen molar-refractivity contribution >= 4 is 11.8 Å². The topological polar surface area (TPSA) is 75.1 Å². The second-order valence-electron chi connectivity index (χ2n) is 3.60. The van der Waals surface area contributed by atoms with Crippen molar-refractivity contribution in [3.63, 3.8) is 0 Å². The molecule has 100 valence electrons. The van der Waals surface area contributed by atoms with Gasteiger partial charge < -0.3 is 10.4 Å². The number of aromatic carboxylic acids is 1. The third-order valence-corrected chi connectivity index (χ3v) is 2.13. The SMILES string of the molecule is O=C(O)c1ccnnc1NCCCCC(F)(F)F. The molecule has 2 N–H and O–H groups in total. The summed E-state index contributed by atoms with van der Waals surface area (Å²) >= 11 is 0. The molecule has 5 nitrogen and oxygen atoms in total. The van der Waals surface area contributed by atoms with Crippen molar-refractivity contribution in [3.05, 3.63) is 17.8 Å². The molecular weight excluding hydrogens is 251 g/mol. The molecule has 0 radical (unpaired) electrons. The molecule has 1 aromatic heterocycles. The van der Waals surface area contributed by atoms with E-state index in [9.17, 15) is 18.0 Å². The highest BCUT2D eigenvalue weighted by Crippen LogP contribution is 2.22. The molecule has 0 atom stereocenters. The first kappa shape index (κ1) is 14.2.